The first kappa shape index (κ1) is 25.0. The summed E-state index contributed by atoms with van der Waals surface area (Å²) in [7, 11) is 0. The Balaban J connectivity index is 1.50. The Morgan fingerprint density at radius 2 is 1.97 bits per heavy atom. The van der Waals surface area contributed by atoms with Crippen LogP contribution in [0.2, 0.25) is 10.0 Å². The highest BCUT2D eigenvalue weighted by Crippen LogP contribution is 2.23. The minimum atomic E-state index is -0.668. The molecule has 0 bridgehead atoms. The predicted octanol–water partition coefficient (Wildman–Crippen LogP) is 2.13. The third kappa shape index (κ3) is 6.93. The summed E-state index contributed by atoms with van der Waals surface area (Å²) in [6, 6.07) is 5.14. The van der Waals surface area contributed by atoms with Crippen molar-refractivity contribution in [1.82, 2.24) is 14.7 Å². The van der Waals surface area contributed by atoms with Gasteiger partial charge < -0.3 is 24.9 Å². The summed E-state index contributed by atoms with van der Waals surface area (Å²) in [6.07, 6.45) is 3.12. The van der Waals surface area contributed by atoms with Crippen LogP contribution in [0.1, 0.15) is 25.3 Å². The van der Waals surface area contributed by atoms with E-state index < -0.39 is 6.10 Å². The molecule has 9 heteroatoms. The monoisotopic (exact) mass is 483 g/mol. The molecule has 2 saturated heterocycles. The van der Waals surface area contributed by atoms with Crippen molar-refractivity contribution < 1.29 is 19.8 Å². The molecule has 0 aromatic heterocycles. The highest BCUT2D eigenvalue weighted by molar-refractivity contribution is 6.42. The number of carbonyl (C=O) groups is 2. The highest BCUT2D eigenvalue weighted by atomic mass is 35.5. The van der Waals surface area contributed by atoms with E-state index in [9.17, 15) is 19.8 Å². The quantitative estimate of drug-likeness (QED) is 0.605. The smallest absolute Gasteiger partial charge is 0.246 e. The summed E-state index contributed by atoms with van der Waals surface area (Å²) in [5.41, 5.74) is 0.767. The van der Waals surface area contributed by atoms with Gasteiger partial charge in [0.05, 0.1) is 22.3 Å². The molecule has 32 heavy (non-hydrogen) atoms. The van der Waals surface area contributed by atoms with Crippen molar-refractivity contribution >= 4 is 41.1 Å². The van der Waals surface area contributed by atoms with Gasteiger partial charge in [-0.05, 0) is 36.1 Å². The molecule has 1 aromatic carbocycles. The van der Waals surface area contributed by atoms with Gasteiger partial charge in [0.15, 0.2) is 0 Å². The molecular formula is C23H31Cl2N3O4. The third-order valence-corrected chi connectivity index (χ3v) is 6.85. The molecular weight excluding hydrogens is 453 g/mol. The van der Waals surface area contributed by atoms with Crippen molar-refractivity contribution in [2.45, 2.75) is 32.0 Å². The number of amides is 2. The van der Waals surface area contributed by atoms with E-state index in [4.69, 9.17) is 23.2 Å². The molecule has 2 fully saturated rings. The fourth-order valence-corrected chi connectivity index (χ4v) is 4.47. The van der Waals surface area contributed by atoms with Crippen LogP contribution in [0, 0.1) is 5.92 Å². The number of hydrogen-bond donors (Lipinski definition) is 2. The molecule has 2 aliphatic heterocycles. The maximum atomic E-state index is 12.6. The van der Waals surface area contributed by atoms with Crippen LogP contribution < -0.4 is 0 Å². The Labute approximate surface area is 199 Å². The van der Waals surface area contributed by atoms with Crippen LogP contribution in [-0.4, -0.2) is 94.7 Å². The molecule has 176 valence electrons. The number of rotatable bonds is 6. The molecule has 2 N–H and O–H groups in total. The number of nitrogens with zero attached hydrogens (tertiary/aromatic N) is 3. The molecule has 1 unspecified atom stereocenters. The number of benzene rings is 1. The maximum absolute atomic E-state index is 12.6. The van der Waals surface area contributed by atoms with Crippen LogP contribution in [0.5, 0.6) is 0 Å². The molecule has 2 amide bonds. The number of halogens is 2. The van der Waals surface area contributed by atoms with E-state index in [1.54, 1.807) is 34.1 Å². The lowest BCUT2D eigenvalue weighted by Gasteiger charge is -2.36. The first-order valence-electron chi connectivity index (χ1n) is 11.0. The third-order valence-electron chi connectivity index (χ3n) is 6.11. The van der Waals surface area contributed by atoms with Crippen molar-refractivity contribution in [3.8, 4) is 0 Å². The average Bonchev–Trinajstić information content (AvgIpc) is 2.93. The summed E-state index contributed by atoms with van der Waals surface area (Å²) >= 11 is 11.9. The first-order valence-corrected chi connectivity index (χ1v) is 11.8. The van der Waals surface area contributed by atoms with Gasteiger partial charge in [0.1, 0.15) is 0 Å². The van der Waals surface area contributed by atoms with Crippen molar-refractivity contribution in [2.75, 3.05) is 45.8 Å². The van der Waals surface area contributed by atoms with Gasteiger partial charge in [-0.1, -0.05) is 36.2 Å². The maximum Gasteiger partial charge on any atom is 0.246 e. The molecule has 0 radical (unpaired) electrons. The van der Waals surface area contributed by atoms with Crippen LogP contribution >= 0.6 is 23.2 Å². The number of hydrogen-bond acceptors (Lipinski definition) is 5. The number of β-amino-alcohol motifs (C(OH)–C–C–N with tert-alkyl or cyclic N) is 1. The van der Waals surface area contributed by atoms with Gasteiger partial charge in [0.2, 0.25) is 11.8 Å². The Hall–Kier alpha value is -1.64. The van der Waals surface area contributed by atoms with Crippen LogP contribution in [0.4, 0.5) is 0 Å². The van der Waals surface area contributed by atoms with Crippen molar-refractivity contribution in [2.24, 2.45) is 5.92 Å². The van der Waals surface area contributed by atoms with E-state index in [1.165, 1.54) is 6.08 Å². The van der Waals surface area contributed by atoms with Crippen LogP contribution in [0.25, 0.3) is 6.08 Å². The summed E-state index contributed by atoms with van der Waals surface area (Å²) < 4.78 is 0. The number of aliphatic hydroxyl groups excluding tert-OH is 2. The normalized spacial score (nSPS) is 24.1. The second-order valence-corrected chi connectivity index (χ2v) is 9.48. The topological polar surface area (TPSA) is 84.3 Å². The van der Waals surface area contributed by atoms with Crippen molar-refractivity contribution in [3.05, 3.63) is 39.9 Å². The van der Waals surface area contributed by atoms with E-state index in [0.717, 1.165) is 18.7 Å². The average molecular weight is 484 g/mol. The fraction of sp³-hybridized carbons (Fsp3) is 0.565. The molecule has 2 aliphatic rings. The number of carbonyl (C=O) groups excluding carboxylic acids is 2. The number of piperidine rings is 1. The molecule has 0 saturated carbocycles. The van der Waals surface area contributed by atoms with Crippen molar-refractivity contribution in [3.63, 3.8) is 0 Å². The van der Waals surface area contributed by atoms with Gasteiger partial charge in [-0.15, -0.1) is 0 Å². The van der Waals surface area contributed by atoms with Crippen LogP contribution in [-0.2, 0) is 9.59 Å². The lowest BCUT2D eigenvalue weighted by Crippen LogP contribution is -2.48. The first-order chi connectivity index (χ1) is 15.2. The fourth-order valence-electron chi connectivity index (χ4n) is 4.16. The van der Waals surface area contributed by atoms with Gasteiger partial charge in [-0.2, -0.15) is 0 Å². The minimum Gasteiger partial charge on any atom is -0.393 e. The van der Waals surface area contributed by atoms with Gasteiger partial charge in [0.25, 0.3) is 0 Å². The Morgan fingerprint density at radius 1 is 1.19 bits per heavy atom. The second-order valence-electron chi connectivity index (χ2n) is 8.67. The molecule has 3 rings (SSSR count). The lowest BCUT2D eigenvalue weighted by atomic mass is 9.96. The lowest BCUT2D eigenvalue weighted by molar-refractivity contribution is -0.132. The van der Waals surface area contributed by atoms with E-state index >= 15 is 0 Å². The van der Waals surface area contributed by atoms with E-state index in [1.807, 2.05) is 6.92 Å². The second kappa shape index (κ2) is 11.5. The Kier molecular flexibility index (Phi) is 8.96. The Morgan fingerprint density at radius 3 is 2.69 bits per heavy atom. The van der Waals surface area contributed by atoms with Gasteiger partial charge >= 0.3 is 0 Å². The molecule has 2 heterocycles. The van der Waals surface area contributed by atoms with E-state index in [-0.39, 0.29) is 36.8 Å². The molecule has 0 spiro atoms. The molecule has 0 aliphatic carbocycles. The van der Waals surface area contributed by atoms with Crippen molar-refractivity contribution in [1.29, 1.82) is 0 Å². The summed E-state index contributed by atoms with van der Waals surface area (Å²) in [6.45, 7) is 5.33. The zero-order valence-corrected chi connectivity index (χ0v) is 19.8. The summed E-state index contributed by atoms with van der Waals surface area (Å²) in [4.78, 5) is 30.6. The van der Waals surface area contributed by atoms with Gasteiger partial charge in [-0.3, -0.25) is 9.59 Å². The predicted molar refractivity (Wildman–Crippen MR) is 126 cm³/mol. The molecule has 1 aromatic rings. The van der Waals surface area contributed by atoms with Gasteiger partial charge in [0, 0.05) is 58.3 Å². The molecule has 3 atom stereocenters. The number of likely N-dealkylation sites (tertiary alicyclic amines) is 1. The van der Waals surface area contributed by atoms with Gasteiger partial charge in [-0.25, -0.2) is 0 Å². The summed E-state index contributed by atoms with van der Waals surface area (Å²) in [5.74, 6) is -0.0605. The largest absolute Gasteiger partial charge is 0.393 e. The van der Waals surface area contributed by atoms with E-state index in [2.05, 4.69) is 4.90 Å². The number of aliphatic hydroxyl groups is 2. The van der Waals surface area contributed by atoms with Crippen LogP contribution in [0.15, 0.2) is 24.3 Å². The minimum absolute atomic E-state index is 0.0600. The Bertz CT molecular complexity index is 851. The van der Waals surface area contributed by atoms with E-state index in [0.29, 0.717) is 42.6 Å². The molecule has 7 nitrogen and oxygen atoms in total. The van der Waals surface area contributed by atoms with Crippen LogP contribution in [0.3, 0.4) is 0 Å². The standard InChI is InChI=1S/C23H31Cl2N3O4/c1-16-13-26(8-6-21(16)30)14-18(29)15-28-11-10-27(9-7-23(28)32)22(31)5-3-17-2-4-19(24)20(25)12-17/h2-5,12,16,18,21,29-30H,6-11,13-15H2,1H3/t16-,18?,21+/m1/s1. The highest BCUT2D eigenvalue weighted by Gasteiger charge is 2.28. The zero-order chi connectivity index (χ0) is 23.3. The zero-order valence-electron chi connectivity index (χ0n) is 18.3. The SMILES string of the molecule is C[C@@H]1CN(CC(O)CN2CCN(C(=O)C=Cc3ccc(Cl)c(Cl)c3)CCC2=O)CC[C@@H]1O. The summed E-state index contributed by atoms with van der Waals surface area (Å²) in [5, 5.41) is 21.3.